The molecule has 16 heavy (non-hydrogen) atoms. The van der Waals surface area contributed by atoms with Crippen LogP contribution in [0.25, 0.3) is 0 Å². The molecule has 0 aromatic carbocycles. The molecule has 86 valence electrons. The Morgan fingerprint density at radius 2 is 2.44 bits per heavy atom. The molecule has 0 saturated heterocycles. The van der Waals surface area contributed by atoms with Crippen LogP contribution in [0, 0.1) is 6.92 Å². The first-order chi connectivity index (χ1) is 7.75. The van der Waals surface area contributed by atoms with Gasteiger partial charge in [-0.25, -0.2) is 4.98 Å². The van der Waals surface area contributed by atoms with Crippen LogP contribution in [0.1, 0.15) is 22.9 Å². The number of nitrogens with zero attached hydrogens (tertiary/aromatic N) is 4. The van der Waals surface area contributed by atoms with Crippen LogP contribution < -0.4 is 5.32 Å². The fourth-order valence-corrected chi connectivity index (χ4v) is 2.24. The lowest BCUT2D eigenvalue weighted by Gasteiger charge is -2.10. The van der Waals surface area contributed by atoms with Gasteiger partial charge in [0.1, 0.15) is 0 Å². The molecule has 2 rings (SSSR count). The fraction of sp³-hybridized carbons (Fsp3) is 0.500. The summed E-state index contributed by atoms with van der Waals surface area (Å²) in [6, 6.07) is 0.342. The molecule has 2 aromatic rings. The van der Waals surface area contributed by atoms with E-state index in [2.05, 4.69) is 27.5 Å². The van der Waals surface area contributed by atoms with E-state index in [0.29, 0.717) is 6.04 Å². The Kier molecular flexibility index (Phi) is 3.63. The Hall–Kier alpha value is -1.27. The van der Waals surface area contributed by atoms with Crippen molar-refractivity contribution in [3.05, 3.63) is 28.5 Å². The molecule has 0 saturated carbocycles. The minimum atomic E-state index is 0.342. The summed E-state index contributed by atoms with van der Waals surface area (Å²) in [5.74, 6) is 0. The average Bonchev–Trinajstić information content (AvgIpc) is 2.89. The maximum atomic E-state index is 4.25. The first-order valence-corrected chi connectivity index (χ1v) is 6.07. The van der Waals surface area contributed by atoms with Crippen molar-refractivity contribution in [1.82, 2.24) is 25.3 Å². The number of rotatable bonds is 5. The highest BCUT2D eigenvalue weighted by molar-refractivity contribution is 7.11. The van der Waals surface area contributed by atoms with Crippen LogP contribution >= 0.6 is 11.3 Å². The Bertz CT molecular complexity index is 422. The molecule has 2 heterocycles. The van der Waals surface area contributed by atoms with Crippen molar-refractivity contribution >= 4 is 11.3 Å². The number of aromatic nitrogens is 4. The van der Waals surface area contributed by atoms with Crippen molar-refractivity contribution < 1.29 is 0 Å². The van der Waals surface area contributed by atoms with Gasteiger partial charge in [-0.3, -0.25) is 4.68 Å². The van der Waals surface area contributed by atoms with E-state index in [4.69, 9.17) is 0 Å². The lowest BCUT2D eigenvalue weighted by atomic mass is 10.3. The summed E-state index contributed by atoms with van der Waals surface area (Å²) in [7, 11) is 0. The predicted octanol–water partition coefficient (Wildman–Crippen LogP) is 1.39. The van der Waals surface area contributed by atoms with E-state index in [1.807, 2.05) is 24.0 Å². The highest BCUT2D eigenvalue weighted by Gasteiger charge is 2.07. The van der Waals surface area contributed by atoms with Gasteiger partial charge >= 0.3 is 0 Å². The number of hydrogen-bond donors (Lipinski definition) is 1. The summed E-state index contributed by atoms with van der Waals surface area (Å²) in [6.07, 6.45) is 5.49. The van der Waals surface area contributed by atoms with E-state index in [1.54, 1.807) is 17.5 Å². The minimum absolute atomic E-state index is 0.342. The fourth-order valence-electron chi connectivity index (χ4n) is 1.43. The summed E-state index contributed by atoms with van der Waals surface area (Å²) < 4.78 is 1.82. The van der Waals surface area contributed by atoms with E-state index in [0.717, 1.165) is 18.1 Å². The topological polar surface area (TPSA) is 55.6 Å². The van der Waals surface area contributed by atoms with Gasteiger partial charge in [0.15, 0.2) is 0 Å². The highest BCUT2D eigenvalue weighted by atomic mass is 32.1. The van der Waals surface area contributed by atoms with Crippen molar-refractivity contribution in [3.63, 3.8) is 0 Å². The molecule has 6 heteroatoms. The second kappa shape index (κ2) is 5.18. The molecule has 0 bridgehead atoms. The molecule has 1 unspecified atom stereocenters. The normalized spacial score (nSPS) is 12.9. The molecule has 5 nitrogen and oxygen atoms in total. The van der Waals surface area contributed by atoms with Crippen molar-refractivity contribution in [3.8, 4) is 0 Å². The number of hydrogen-bond acceptors (Lipinski definition) is 5. The molecule has 0 aliphatic carbocycles. The largest absolute Gasteiger partial charge is 0.308 e. The lowest BCUT2D eigenvalue weighted by Crippen LogP contribution is -2.23. The smallest absolute Gasteiger partial charge is 0.0897 e. The number of aryl methyl sites for hydroxylation is 1. The summed E-state index contributed by atoms with van der Waals surface area (Å²) in [5, 5.41) is 12.2. The van der Waals surface area contributed by atoms with Gasteiger partial charge < -0.3 is 5.32 Å². The zero-order valence-electron chi connectivity index (χ0n) is 9.42. The molecule has 0 spiro atoms. The van der Waals surface area contributed by atoms with Gasteiger partial charge in [-0.2, -0.15) is 0 Å². The summed E-state index contributed by atoms with van der Waals surface area (Å²) in [4.78, 5) is 5.52. The molecule has 1 atom stereocenters. The van der Waals surface area contributed by atoms with Crippen molar-refractivity contribution in [1.29, 1.82) is 0 Å². The molecular formula is C10H15N5S. The molecule has 0 amide bonds. The molecule has 0 aliphatic rings. The molecule has 1 N–H and O–H groups in total. The van der Waals surface area contributed by atoms with Crippen LogP contribution in [0.2, 0.25) is 0 Å². The first-order valence-electron chi connectivity index (χ1n) is 5.25. The zero-order valence-corrected chi connectivity index (χ0v) is 10.2. The minimum Gasteiger partial charge on any atom is -0.308 e. The quantitative estimate of drug-likeness (QED) is 0.854. The van der Waals surface area contributed by atoms with Gasteiger partial charge in [-0.1, -0.05) is 5.21 Å². The monoisotopic (exact) mass is 237 g/mol. The van der Waals surface area contributed by atoms with E-state index < -0.39 is 0 Å². The van der Waals surface area contributed by atoms with Crippen LogP contribution in [-0.4, -0.2) is 26.5 Å². The first kappa shape index (κ1) is 11.2. The van der Waals surface area contributed by atoms with Gasteiger partial charge in [-0.05, 0) is 13.8 Å². The van der Waals surface area contributed by atoms with E-state index in [9.17, 15) is 0 Å². The van der Waals surface area contributed by atoms with Crippen molar-refractivity contribution in [2.45, 2.75) is 26.4 Å². The Labute approximate surface area is 98.5 Å². The number of thiazole rings is 1. The third kappa shape index (κ3) is 2.86. The summed E-state index contributed by atoms with van der Waals surface area (Å²) in [6.45, 7) is 5.88. The van der Waals surface area contributed by atoms with Gasteiger partial charge in [-0.15, -0.1) is 16.4 Å². The lowest BCUT2D eigenvalue weighted by molar-refractivity contribution is 0.502. The Morgan fingerprint density at radius 3 is 3.06 bits per heavy atom. The maximum absolute atomic E-state index is 4.25. The SMILES string of the molecule is Cc1ncc(C(C)NCCn2ccnn2)s1. The molecule has 0 aliphatic heterocycles. The van der Waals surface area contributed by atoms with Crippen LogP contribution in [0.3, 0.4) is 0 Å². The third-order valence-corrected chi connectivity index (χ3v) is 3.42. The maximum Gasteiger partial charge on any atom is 0.0897 e. The van der Waals surface area contributed by atoms with Crippen LogP contribution in [0.4, 0.5) is 0 Å². The predicted molar refractivity (Wildman–Crippen MR) is 63.3 cm³/mol. The van der Waals surface area contributed by atoms with Crippen molar-refractivity contribution in [2.24, 2.45) is 0 Å². The van der Waals surface area contributed by atoms with E-state index >= 15 is 0 Å². The Balaban J connectivity index is 1.78. The molecular weight excluding hydrogens is 222 g/mol. The summed E-state index contributed by atoms with van der Waals surface area (Å²) >= 11 is 1.74. The molecule has 0 fully saturated rings. The standard InChI is InChI=1S/C10H15N5S/c1-8(10-7-12-9(2)16-10)11-3-5-15-6-4-13-14-15/h4,6-8,11H,3,5H2,1-2H3. The van der Waals surface area contributed by atoms with Crippen LogP contribution in [0.5, 0.6) is 0 Å². The van der Waals surface area contributed by atoms with E-state index in [1.165, 1.54) is 4.88 Å². The van der Waals surface area contributed by atoms with Gasteiger partial charge in [0.25, 0.3) is 0 Å². The van der Waals surface area contributed by atoms with Gasteiger partial charge in [0.05, 0.1) is 17.7 Å². The molecule has 0 radical (unpaired) electrons. The van der Waals surface area contributed by atoms with Gasteiger partial charge in [0, 0.05) is 29.9 Å². The third-order valence-electron chi connectivity index (χ3n) is 2.33. The van der Waals surface area contributed by atoms with E-state index in [-0.39, 0.29) is 0 Å². The number of nitrogens with one attached hydrogen (secondary N) is 1. The van der Waals surface area contributed by atoms with Crippen molar-refractivity contribution in [2.75, 3.05) is 6.54 Å². The van der Waals surface area contributed by atoms with Crippen LogP contribution in [-0.2, 0) is 6.54 Å². The zero-order chi connectivity index (χ0) is 11.4. The highest BCUT2D eigenvalue weighted by Crippen LogP contribution is 2.19. The second-order valence-corrected chi connectivity index (χ2v) is 4.89. The molecule has 2 aromatic heterocycles. The van der Waals surface area contributed by atoms with Crippen LogP contribution in [0.15, 0.2) is 18.6 Å². The Morgan fingerprint density at radius 1 is 1.56 bits per heavy atom. The average molecular weight is 237 g/mol. The van der Waals surface area contributed by atoms with Gasteiger partial charge in [0.2, 0.25) is 0 Å². The summed E-state index contributed by atoms with van der Waals surface area (Å²) in [5.41, 5.74) is 0. The second-order valence-electron chi connectivity index (χ2n) is 3.62.